The van der Waals surface area contributed by atoms with Gasteiger partial charge in [0.05, 0.1) is 21.7 Å². The number of fused-ring (bicyclic) bond motifs is 1. The number of sulfone groups is 1. The minimum atomic E-state index is -2.86. The zero-order valence-electron chi connectivity index (χ0n) is 8.96. The molecule has 5 nitrogen and oxygen atoms in total. The molecule has 0 amide bonds. The number of nitrogens with one attached hydrogen (secondary N) is 1. The van der Waals surface area contributed by atoms with E-state index in [1.54, 1.807) is 11.3 Å². The molecule has 3 rings (SSSR count). The Morgan fingerprint density at radius 2 is 2.29 bits per heavy atom. The molecule has 0 radical (unpaired) electrons. The molecule has 1 fully saturated rings. The van der Waals surface area contributed by atoms with E-state index in [0.717, 1.165) is 16.0 Å². The predicted octanol–water partition coefficient (Wildman–Crippen LogP) is 1.29. The van der Waals surface area contributed by atoms with E-state index in [-0.39, 0.29) is 17.5 Å². The van der Waals surface area contributed by atoms with Crippen LogP contribution in [-0.4, -0.2) is 35.9 Å². The standard InChI is InChI=1S/C10H11N3O2S2/c14-17(15)4-2-7(5-17)13-10-9-8(1-3-16-9)11-6-12-10/h1,3,6-7H,2,4-5H2,(H,11,12,13). The van der Waals surface area contributed by atoms with Gasteiger partial charge in [-0.3, -0.25) is 0 Å². The fourth-order valence-corrected chi connectivity index (χ4v) is 4.46. The summed E-state index contributed by atoms with van der Waals surface area (Å²) in [6.45, 7) is 0. The highest BCUT2D eigenvalue weighted by Gasteiger charge is 2.28. The summed E-state index contributed by atoms with van der Waals surface area (Å²) in [5, 5.41) is 5.16. The number of hydrogen-bond donors (Lipinski definition) is 1. The first-order valence-corrected chi connectivity index (χ1v) is 7.99. The lowest BCUT2D eigenvalue weighted by Crippen LogP contribution is -2.21. The Bertz CT molecular complexity index is 650. The summed E-state index contributed by atoms with van der Waals surface area (Å²) in [7, 11) is -2.86. The van der Waals surface area contributed by atoms with Gasteiger partial charge in [0, 0.05) is 6.04 Å². The Kier molecular flexibility index (Phi) is 2.52. The van der Waals surface area contributed by atoms with Gasteiger partial charge in [-0.25, -0.2) is 18.4 Å². The third-order valence-corrected chi connectivity index (χ3v) is 5.49. The molecule has 0 spiro atoms. The van der Waals surface area contributed by atoms with E-state index in [9.17, 15) is 8.42 Å². The van der Waals surface area contributed by atoms with E-state index in [1.165, 1.54) is 6.33 Å². The van der Waals surface area contributed by atoms with Crippen LogP contribution in [0.15, 0.2) is 17.8 Å². The molecule has 1 aliphatic heterocycles. The molecular weight excluding hydrogens is 258 g/mol. The molecule has 1 saturated heterocycles. The lowest BCUT2D eigenvalue weighted by molar-refractivity contribution is 0.602. The first-order chi connectivity index (χ1) is 8.14. The monoisotopic (exact) mass is 269 g/mol. The van der Waals surface area contributed by atoms with Crippen LogP contribution in [0, 0.1) is 0 Å². The zero-order valence-corrected chi connectivity index (χ0v) is 10.6. The molecule has 2 aromatic heterocycles. The van der Waals surface area contributed by atoms with Gasteiger partial charge < -0.3 is 5.32 Å². The topological polar surface area (TPSA) is 72.0 Å². The van der Waals surface area contributed by atoms with E-state index in [0.29, 0.717) is 6.42 Å². The van der Waals surface area contributed by atoms with Gasteiger partial charge in [0.1, 0.15) is 12.1 Å². The van der Waals surface area contributed by atoms with E-state index in [4.69, 9.17) is 0 Å². The predicted molar refractivity (Wildman–Crippen MR) is 68.1 cm³/mol. The van der Waals surface area contributed by atoms with Crippen molar-refractivity contribution < 1.29 is 8.42 Å². The zero-order chi connectivity index (χ0) is 11.9. The van der Waals surface area contributed by atoms with Crippen molar-refractivity contribution in [1.29, 1.82) is 0 Å². The van der Waals surface area contributed by atoms with Crippen LogP contribution >= 0.6 is 11.3 Å². The third-order valence-electron chi connectivity index (χ3n) is 2.82. The first-order valence-electron chi connectivity index (χ1n) is 5.29. The van der Waals surface area contributed by atoms with Gasteiger partial charge in [-0.05, 0) is 17.9 Å². The molecule has 17 heavy (non-hydrogen) atoms. The number of anilines is 1. The van der Waals surface area contributed by atoms with Gasteiger partial charge in [0.25, 0.3) is 0 Å². The van der Waals surface area contributed by atoms with Gasteiger partial charge in [0.15, 0.2) is 9.84 Å². The molecule has 1 unspecified atom stereocenters. The van der Waals surface area contributed by atoms with Crippen molar-refractivity contribution in [2.24, 2.45) is 0 Å². The smallest absolute Gasteiger partial charge is 0.152 e. The average Bonchev–Trinajstić information content (AvgIpc) is 2.85. The van der Waals surface area contributed by atoms with Crippen LogP contribution in [0.3, 0.4) is 0 Å². The van der Waals surface area contributed by atoms with Crippen LogP contribution < -0.4 is 5.32 Å². The Labute approximate surface area is 103 Å². The van der Waals surface area contributed by atoms with Crippen molar-refractivity contribution in [2.75, 3.05) is 16.8 Å². The van der Waals surface area contributed by atoms with Crippen LogP contribution in [-0.2, 0) is 9.84 Å². The lowest BCUT2D eigenvalue weighted by atomic mass is 10.2. The van der Waals surface area contributed by atoms with Crippen LogP contribution in [0.4, 0.5) is 5.82 Å². The minimum Gasteiger partial charge on any atom is -0.365 e. The summed E-state index contributed by atoms with van der Waals surface area (Å²) in [4.78, 5) is 8.33. The van der Waals surface area contributed by atoms with Crippen molar-refractivity contribution in [2.45, 2.75) is 12.5 Å². The molecule has 3 heterocycles. The normalized spacial score (nSPS) is 22.9. The Hall–Kier alpha value is -1.21. The van der Waals surface area contributed by atoms with E-state index in [1.807, 2.05) is 11.4 Å². The minimum absolute atomic E-state index is 0.0276. The maximum atomic E-state index is 11.4. The summed E-state index contributed by atoms with van der Waals surface area (Å²) in [6.07, 6.45) is 2.15. The van der Waals surface area contributed by atoms with Crippen molar-refractivity contribution >= 4 is 37.2 Å². The molecule has 2 aromatic rings. The SMILES string of the molecule is O=S1(=O)CCC(Nc2ncnc3ccsc23)C1. The van der Waals surface area contributed by atoms with Gasteiger partial charge in [-0.1, -0.05) is 0 Å². The highest BCUT2D eigenvalue weighted by Crippen LogP contribution is 2.26. The van der Waals surface area contributed by atoms with Crippen molar-refractivity contribution in [3.8, 4) is 0 Å². The molecule has 0 aliphatic carbocycles. The number of nitrogens with zero attached hydrogens (tertiary/aromatic N) is 2. The van der Waals surface area contributed by atoms with Gasteiger partial charge in [0.2, 0.25) is 0 Å². The Balaban J connectivity index is 1.88. The van der Waals surface area contributed by atoms with Crippen LogP contribution in [0.2, 0.25) is 0 Å². The maximum Gasteiger partial charge on any atom is 0.152 e. The highest BCUT2D eigenvalue weighted by molar-refractivity contribution is 7.91. The Morgan fingerprint density at radius 3 is 3.06 bits per heavy atom. The number of rotatable bonds is 2. The quantitative estimate of drug-likeness (QED) is 0.889. The summed E-state index contributed by atoms with van der Waals surface area (Å²) in [5.74, 6) is 1.21. The van der Waals surface area contributed by atoms with Gasteiger partial charge in [-0.2, -0.15) is 0 Å². The average molecular weight is 269 g/mol. The molecule has 1 N–H and O–H groups in total. The molecule has 0 bridgehead atoms. The molecule has 1 atom stereocenters. The van der Waals surface area contributed by atoms with Crippen LogP contribution in [0.5, 0.6) is 0 Å². The van der Waals surface area contributed by atoms with E-state index in [2.05, 4.69) is 15.3 Å². The second-order valence-electron chi connectivity index (χ2n) is 4.10. The maximum absolute atomic E-state index is 11.4. The van der Waals surface area contributed by atoms with Gasteiger partial charge in [-0.15, -0.1) is 11.3 Å². The Morgan fingerprint density at radius 1 is 1.41 bits per heavy atom. The number of thiophene rings is 1. The van der Waals surface area contributed by atoms with Crippen molar-refractivity contribution in [3.63, 3.8) is 0 Å². The fraction of sp³-hybridized carbons (Fsp3) is 0.400. The van der Waals surface area contributed by atoms with E-state index >= 15 is 0 Å². The number of aromatic nitrogens is 2. The fourth-order valence-electron chi connectivity index (χ4n) is 1.99. The second kappa shape index (κ2) is 3.92. The summed E-state index contributed by atoms with van der Waals surface area (Å²) >= 11 is 1.56. The highest BCUT2D eigenvalue weighted by atomic mass is 32.2. The van der Waals surface area contributed by atoms with Crippen molar-refractivity contribution in [3.05, 3.63) is 17.8 Å². The van der Waals surface area contributed by atoms with Crippen LogP contribution in [0.25, 0.3) is 10.2 Å². The molecule has 0 saturated carbocycles. The van der Waals surface area contributed by atoms with Crippen LogP contribution in [0.1, 0.15) is 6.42 Å². The lowest BCUT2D eigenvalue weighted by Gasteiger charge is -2.11. The molecule has 90 valence electrons. The largest absolute Gasteiger partial charge is 0.365 e. The molecule has 0 aromatic carbocycles. The number of hydrogen-bond acceptors (Lipinski definition) is 6. The second-order valence-corrected chi connectivity index (χ2v) is 7.25. The molecule has 1 aliphatic rings. The first kappa shape index (κ1) is 10.9. The summed E-state index contributed by atoms with van der Waals surface area (Å²) in [5.41, 5.74) is 0.897. The van der Waals surface area contributed by atoms with Gasteiger partial charge >= 0.3 is 0 Å². The van der Waals surface area contributed by atoms with E-state index < -0.39 is 9.84 Å². The molecule has 7 heteroatoms. The van der Waals surface area contributed by atoms with Crippen molar-refractivity contribution in [1.82, 2.24) is 9.97 Å². The summed E-state index contributed by atoms with van der Waals surface area (Å²) in [6, 6.07) is 1.90. The third kappa shape index (κ3) is 2.12. The molecular formula is C10H11N3O2S2. The summed E-state index contributed by atoms with van der Waals surface area (Å²) < 4.78 is 23.7.